The van der Waals surface area contributed by atoms with Crippen molar-refractivity contribution in [1.82, 2.24) is 10.2 Å². The highest BCUT2D eigenvalue weighted by atomic mass is 19.1. The number of hydrogen-bond donors (Lipinski definition) is 2. The van der Waals surface area contributed by atoms with Crippen LogP contribution in [-0.2, 0) is 25.4 Å². The van der Waals surface area contributed by atoms with Crippen LogP contribution in [0.25, 0.3) is 0 Å². The van der Waals surface area contributed by atoms with Gasteiger partial charge in [0, 0.05) is 13.0 Å². The number of rotatable bonds is 6. The zero-order valence-corrected chi connectivity index (χ0v) is 22.4. The summed E-state index contributed by atoms with van der Waals surface area (Å²) in [6.45, 7) is 7.39. The fourth-order valence-electron chi connectivity index (χ4n) is 5.03. The molecule has 8 nitrogen and oxygen atoms in total. The highest BCUT2D eigenvalue weighted by Crippen LogP contribution is 2.36. The SMILES string of the molecule is C[C@@H](CO)O[C@H]1CO[C@@H](C(=O)N2CCc3ccccc3[C@@H]2c2ccc(F)cc2)C[C@@H]1NC(=O)OC(C)(C)C. The molecule has 0 unspecified atom stereocenters. The molecule has 4 rings (SSSR count). The number of nitrogens with one attached hydrogen (secondary N) is 1. The Balaban J connectivity index is 1.57. The normalized spacial score (nSPS) is 24.3. The average Bonchev–Trinajstić information content (AvgIpc) is 2.88. The minimum atomic E-state index is -0.826. The number of alkyl carbamates (subject to hydrolysis) is 1. The first-order valence-electron chi connectivity index (χ1n) is 13.1. The van der Waals surface area contributed by atoms with E-state index in [1.54, 1.807) is 44.7 Å². The van der Waals surface area contributed by atoms with E-state index >= 15 is 0 Å². The van der Waals surface area contributed by atoms with Gasteiger partial charge in [-0.15, -0.1) is 0 Å². The summed E-state index contributed by atoms with van der Waals surface area (Å²) in [5, 5.41) is 12.3. The summed E-state index contributed by atoms with van der Waals surface area (Å²) in [4.78, 5) is 28.3. The molecule has 2 N–H and O–H groups in total. The van der Waals surface area contributed by atoms with Crippen LogP contribution in [0.2, 0.25) is 0 Å². The Kier molecular flexibility index (Phi) is 8.70. The van der Waals surface area contributed by atoms with Crippen LogP contribution < -0.4 is 5.32 Å². The molecule has 2 aliphatic heterocycles. The Bertz CT molecular complexity index is 1120. The molecule has 2 aromatic carbocycles. The highest BCUT2D eigenvalue weighted by Gasteiger charge is 2.42. The summed E-state index contributed by atoms with van der Waals surface area (Å²) in [5.74, 6) is -0.552. The summed E-state index contributed by atoms with van der Waals surface area (Å²) < 4.78 is 31.1. The molecule has 5 atom stereocenters. The Morgan fingerprint density at radius 3 is 2.58 bits per heavy atom. The van der Waals surface area contributed by atoms with Gasteiger partial charge in [0.1, 0.15) is 23.6 Å². The largest absolute Gasteiger partial charge is 0.444 e. The number of halogens is 1. The Morgan fingerprint density at radius 2 is 1.89 bits per heavy atom. The topological polar surface area (TPSA) is 97.3 Å². The maximum absolute atomic E-state index is 14.0. The van der Waals surface area contributed by atoms with Crippen molar-refractivity contribution in [3.05, 3.63) is 71.0 Å². The van der Waals surface area contributed by atoms with Crippen molar-refractivity contribution in [2.45, 2.75) is 76.5 Å². The maximum atomic E-state index is 14.0. The molecule has 2 aromatic rings. The summed E-state index contributed by atoms with van der Waals surface area (Å²) >= 11 is 0. The van der Waals surface area contributed by atoms with Crippen LogP contribution in [0.3, 0.4) is 0 Å². The lowest BCUT2D eigenvalue weighted by Crippen LogP contribution is -2.57. The predicted molar refractivity (Wildman–Crippen MR) is 139 cm³/mol. The van der Waals surface area contributed by atoms with Crippen LogP contribution in [0.1, 0.15) is 56.8 Å². The number of amides is 2. The van der Waals surface area contributed by atoms with Crippen molar-refractivity contribution < 1.29 is 33.3 Å². The van der Waals surface area contributed by atoms with Crippen molar-refractivity contribution in [1.29, 1.82) is 0 Å². The third kappa shape index (κ3) is 6.70. The lowest BCUT2D eigenvalue weighted by molar-refractivity contribution is -0.164. The van der Waals surface area contributed by atoms with Gasteiger partial charge < -0.3 is 29.5 Å². The molecule has 0 radical (unpaired) electrons. The van der Waals surface area contributed by atoms with Crippen molar-refractivity contribution >= 4 is 12.0 Å². The molecule has 0 spiro atoms. The number of hydrogen-bond acceptors (Lipinski definition) is 6. The lowest BCUT2D eigenvalue weighted by atomic mass is 9.87. The second-order valence-corrected chi connectivity index (χ2v) is 10.9. The number of aliphatic hydroxyl groups is 1. The number of fused-ring (bicyclic) bond motifs is 1. The molecule has 2 amide bonds. The first-order valence-corrected chi connectivity index (χ1v) is 13.1. The number of carbonyl (C=O) groups is 2. The van der Waals surface area contributed by atoms with E-state index in [9.17, 15) is 19.1 Å². The highest BCUT2D eigenvalue weighted by molar-refractivity contribution is 5.82. The molecule has 206 valence electrons. The Hall–Kier alpha value is -3.01. The molecule has 0 bridgehead atoms. The first kappa shape index (κ1) is 28.0. The quantitative estimate of drug-likeness (QED) is 0.593. The van der Waals surface area contributed by atoms with Crippen molar-refractivity contribution in [3.8, 4) is 0 Å². The molecule has 0 saturated carbocycles. The standard InChI is InChI=1S/C29H37FN2O6/c1-18(16-33)37-25-17-36-24(15-23(25)31-28(35)38-29(2,3)4)27(34)32-14-13-19-7-5-6-8-22(19)26(32)20-9-11-21(30)12-10-20/h5-12,18,23-26,33H,13-17H2,1-4H3,(H,31,35)/t18-,23-,24+,25-,26-/m0/s1. The minimum Gasteiger partial charge on any atom is -0.444 e. The smallest absolute Gasteiger partial charge is 0.407 e. The van der Waals surface area contributed by atoms with Gasteiger partial charge in [-0.1, -0.05) is 36.4 Å². The van der Waals surface area contributed by atoms with Gasteiger partial charge in [-0.3, -0.25) is 4.79 Å². The molecule has 0 aliphatic carbocycles. The summed E-state index contributed by atoms with van der Waals surface area (Å²) in [7, 11) is 0. The summed E-state index contributed by atoms with van der Waals surface area (Å²) in [6, 6.07) is 13.2. The fourth-order valence-corrected chi connectivity index (χ4v) is 5.03. The van der Waals surface area contributed by atoms with Crippen LogP contribution in [0.5, 0.6) is 0 Å². The van der Waals surface area contributed by atoms with Crippen molar-refractivity contribution in [3.63, 3.8) is 0 Å². The third-order valence-corrected chi connectivity index (χ3v) is 6.77. The molecule has 1 saturated heterocycles. The van der Waals surface area contributed by atoms with Crippen LogP contribution in [0.4, 0.5) is 9.18 Å². The van der Waals surface area contributed by atoms with Gasteiger partial charge in [0.05, 0.1) is 31.4 Å². The second kappa shape index (κ2) is 11.8. The molecule has 9 heteroatoms. The molecule has 1 fully saturated rings. The van der Waals surface area contributed by atoms with Crippen LogP contribution in [-0.4, -0.2) is 71.7 Å². The zero-order chi connectivity index (χ0) is 27.4. The van der Waals surface area contributed by atoms with Gasteiger partial charge >= 0.3 is 6.09 Å². The van der Waals surface area contributed by atoms with Gasteiger partial charge in [0.2, 0.25) is 0 Å². The van der Waals surface area contributed by atoms with Gasteiger partial charge in [0.25, 0.3) is 5.91 Å². The Labute approximate surface area is 223 Å². The number of ether oxygens (including phenoxy) is 3. The number of nitrogens with zero attached hydrogens (tertiary/aromatic N) is 1. The van der Waals surface area contributed by atoms with Crippen molar-refractivity contribution in [2.75, 3.05) is 19.8 Å². The minimum absolute atomic E-state index is 0.0624. The lowest BCUT2D eigenvalue weighted by Gasteiger charge is -2.42. The molecule has 2 heterocycles. The zero-order valence-electron chi connectivity index (χ0n) is 22.4. The van der Waals surface area contributed by atoms with E-state index in [1.165, 1.54) is 12.1 Å². The van der Waals surface area contributed by atoms with Gasteiger partial charge in [-0.25, -0.2) is 9.18 Å². The number of benzene rings is 2. The average molecular weight is 529 g/mol. The van der Waals surface area contributed by atoms with Crippen molar-refractivity contribution in [2.24, 2.45) is 0 Å². The monoisotopic (exact) mass is 528 g/mol. The Morgan fingerprint density at radius 1 is 1.18 bits per heavy atom. The van der Waals surface area contributed by atoms with E-state index in [1.807, 2.05) is 18.2 Å². The van der Waals surface area contributed by atoms with Crippen LogP contribution in [0, 0.1) is 5.82 Å². The van der Waals surface area contributed by atoms with E-state index in [-0.39, 0.29) is 31.4 Å². The van der Waals surface area contributed by atoms with Gasteiger partial charge in [-0.05, 0) is 62.9 Å². The second-order valence-electron chi connectivity index (χ2n) is 10.9. The molecular weight excluding hydrogens is 491 g/mol. The van der Waals surface area contributed by atoms with E-state index < -0.39 is 42.1 Å². The van der Waals surface area contributed by atoms with Gasteiger partial charge in [0.15, 0.2) is 0 Å². The maximum Gasteiger partial charge on any atom is 0.407 e. The van der Waals surface area contributed by atoms with E-state index in [0.29, 0.717) is 13.0 Å². The molecule has 0 aromatic heterocycles. The van der Waals surface area contributed by atoms with Crippen LogP contribution >= 0.6 is 0 Å². The van der Waals surface area contributed by atoms with Gasteiger partial charge in [-0.2, -0.15) is 0 Å². The molecule has 38 heavy (non-hydrogen) atoms. The third-order valence-electron chi connectivity index (χ3n) is 6.77. The van der Waals surface area contributed by atoms with E-state index in [0.717, 1.165) is 16.7 Å². The van der Waals surface area contributed by atoms with Crippen LogP contribution in [0.15, 0.2) is 48.5 Å². The first-order chi connectivity index (χ1) is 18.1. The predicted octanol–water partition coefficient (Wildman–Crippen LogP) is 3.75. The number of aliphatic hydroxyl groups excluding tert-OH is 1. The fraction of sp³-hybridized carbons (Fsp3) is 0.517. The molecule has 2 aliphatic rings. The molecular formula is C29H37FN2O6. The number of carbonyl (C=O) groups excluding carboxylic acids is 2. The van der Waals surface area contributed by atoms with E-state index in [4.69, 9.17) is 14.2 Å². The summed E-state index contributed by atoms with van der Waals surface area (Å²) in [6.07, 6.45) is -1.62. The summed E-state index contributed by atoms with van der Waals surface area (Å²) in [5.41, 5.74) is 2.26. The van der Waals surface area contributed by atoms with E-state index in [2.05, 4.69) is 11.4 Å².